The van der Waals surface area contributed by atoms with Gasteiger partial charge >= 0.3 is 0 Å². The molecule has 0 amide bonds. The number of phenolic OH excluding ortho intramolecular Hbond substituents is 1. The van der Waals surface area contributed by atoms with Crippen LogP contribution in [0.1, 0.15) is 23.9 Å². The summed E-state index contributed by atoms with van der Waals surface area (Å²) in [7, 11) is 0. The lowest BCUT2D eigenvalue weighted by Gasteiger charge is -2.07. The molecular formula is C12H16N4O. The van der Waals surface area contributed by atoms with Gasteiger partial charge in [0.05, 0.1) is 17.9 Å². The fraction of sp³-hybridized carbons (Fsp3) is 0.333. The van der Waals surface area contributed by atoms with Crippen molar-refractivity contribution in [3.8, 4) is 5.75 Å². The second kappa shape index (κ2) is 4.97. The fourth-order valence-corrected chi connectivity index (χ4v) is 1.85. The minimum atomic E-state index is 0.277. The predicted octanol–water partition coefficient (Wildman–Crippen LogP) is 1.05. The Balaban J connectivity index is 2.30. The maximum atomic E-state index is 9.71. The second-order valence-electron chi connectivity index (χ2n) is 3.83. The molecule has 0 radical (unpaired) electrons. The van der Waals surface area contributed by atoms with Gasteiger partial charge in [0, 0.05) is 12.1 Å². The van der Waals surface area contributed by atoms with Crippen molar-refractivity contribution in [1.29, 1.82) is 0 Å². The number of aromatic nitrogens is 3. The molecule has 2 aromatic rings. The molecule has 1 aromatic carbocycles. The Bertz CT molecular complexity index is 507. The van der Waals surface area contributed by atoms with Crippen molar-refractivity contribution in [2.45, 2.75) is 26.4 Å². The van der Waals surface area contributed by atoms with E-state index in [2.05, 4.69) is 10.3 Å². The average Bonchev–Trinajstić information content (AvgIpc) is 2.74. The molecule has 17 heavy (non-hydrogen) atoms. The molecule has 0 fully saturated rings. The number of nitrogens with zero attached hydrogens (tertiary/aromatic N) is 3. The Morgan fingerprint density at radius 1 is 1.35 bits per heavy atom. The maximum Gasteiger partial charge on any atom is 0.120 e. The highest BCUT2D eigenvalue weighted by atomic mass is 16.3. The van der Waals surface area contributed by atoms with Crippen molar-refractivity contribution >= 4 is 0 Å². The van der Waals surface area contributed by atoms with Crippen molar-refractivity contribution in [3.63, 3.8) is 0 Å². The van der Waals surface area contributed by atoms with E-state index in [9.17, 15) is 5.11 Å². The van der Waals surface area contributed by atoms with Crippen LogP contribution in [0, 0.1) is 0 Å². The van der Waals surface area contributed by atoms with Crippen LogP contribution in [0.25, 0.3) is 0 Å². The van der Waals surface area contributed by atoms with E-state index in [1.807, 2.05) is 19.1 Å². The van der Waals surface area contributed by atoms with Crippen LogP contribution in [0.4, 0.5) is 0 Å². The molecule has 0 saturated carbocycles. The molecule has 2 rings (SSSR count). The number of para-hydroxylation sites is 1. The lowest BCUT2D eigenvalue weighted by atomic mass is 10.2. The summed E-state index contributed by atoms with van der Waals surface area (Å²) >= 11 is 0. The van der Waals surface area contributed by atoms with Gasteiger partial charge in [-0.2, -0.15) is 0 Å². The smallest absolute Gasteiger partial charge is 0.120 e. The van der Waals surface area contributed by atoms with Crippen LogP contribution in [0.15, 0.2) is 24.3 Å². The Morgan fingerprint density at radius 3 is 2.76 bits per heavy atom. The van der Waals surface area contributed by atoms with Crippen LogP contribution in [-0.4, -0.2) is 20.1 Å². The van der Waals surface area contributed by atoms with Crippen molar-refractivity contribution in [2.24, 2.45) is 5.73 Å². The first-order valence-electron chi connectivity index (χ1n) is 5.64. The molecule has 0 bridgehead atoms. The number of benzene rings is 1. The van der Waals surface area contributed by atoms with Crippen molar-refractivity contribution in [2.75, 3.05) is 0 Å². The number of nitrogens with two attached hydrogens (primary N) is 1. The van der Waals surface area contributed by atoms with Gasteiger partial charge in [-0.25, -0.2) is 4.68 Å². The van der Waals surface area contributed by atoms with Crippen molar-refractivity contribution < 1.29 is 5.11 Å². The first-order chi connectivity index (χ1) is 8.26. The number of hydrogen-bond donors (Lipinski definition) is 2. The summed E-state index contributed by atoms with van der Waals surface area (Å²) < 4.78 is 1.79. The summed E-state index contributed by atoms with van der Waals surface area (Å²) in [5.41, 5.74) is 8.27. The van der Waals surface area contributed by atoms with E-state index in [0.717, 1.165) is 23.4 Å². The average molecular weight is 232 g/mol. The Morgan fingerprint density at radius 2 is 2.12 bits per heavy atom. The topological polar surface area (TPSA) is 77.0 Å². The highest BCUT2D eigenvalue weighted by Crippen LogP contribution is 2.18. The maximum absolute atomic E-state index is 9.71. The molecule has 0 aliphatic carbocycles. The first kappa shape index (κ1) is 11.6. The normalized spacial score (nSPS) is 10.7. The zero-order valence-corrected chi connectivity index (χ0v) is 9.80. The quantitative estimate of drug-likeness (QED) is 0.826. The summed E-state index contributed by atoms with van der Waals surface area (Å²) in [6.45, 7) is 2.95. The van der Waals surface area contributed by atoms with Crippen LogP contribution < -0.4 is 5.73 Å². The minimum Gasteiger partial charge on any atom is -0.508 e. The molecule has 3 N–H and O–H groups in total. The third-order valence-corrected chi connectivity index (χ3v) is 2.76. The van der Waals surface area contributed by atoms with Crippen LogP contribution >= 0.6 is 0 Å². The van der Waals surface area contributed by atoms with Gasteiger partial charge in [0.15, 0.2) is 0 Å². The van der Waals surface area contributed by atoms with Crippen LogP contribution in [-0.2, 0) is 19.5 Å². The molecule has 1 heterocycles. The first-order valence-corrected chi connectivity index (χ1v) is 5.64. The van der Waals surface area contributed by atoms with Crippen molar-refractivity contribution in [3.05, 3.63) is 41.2 Å². The highest BCUT2D eigenvalue weighted by Gasteiger charge is 2.11. The van der Waals surface area contributed by atoms with E-state index < -0.39 is 0 Å². The molecule has 1 aromatic heterocycles. The van der Waals surface area contributed by atoms with Gasteiger partial charge in [-0.1, -0.05) is 30.3 Å². The molecule has 5 nitrogen and oxygen atoms in total. The van der Waals surface area contributed by atoms with Crippen LogP contribution in [0.5, 0.6) is 5.75 Å². The highest BCUT2D eigenvalue weighted by molar-refractivity contribution is 5.32. The van der Waals surface area contributed by atoms with E-state index >= 15 is 0 Å². The predicted molar refractivity (Wildman–Crippen MR) is 64.5 cm³/mol. The third-order valence-electron chi connectivity index (χ3n) is 2.76. The number of phenols is 1. The summed E-state index contributed by atoms with van der Waals surface area (Å²) in [5, 5.41) is 17.8. The van der Waals surface area contributed by atoms with E-state index in [-0.39, 0.29) is 5.75 Å². The van der Waals surface area contributed by atoms with Gasteiger partial charge in [-0.15, -0.1) is 5.10 Å². The SMILES string of the molecule is CCc1c(CN)nnn1Cc1ccccc1O. The molecule has 0 spiro atoms. The second-order valence-corrected chi connectivity index (χ2v) is 3.83. The number of rotatable bonds is 4. The molecular weight excluding hydrogens is 216 g/mol. The van der Waals surface area contributed by atoms with Gasteiger partial charge in [0.1, 0.15) is 5.75 Å². The standard InChI is InChI=1S/C12H16N4O/c1-2-11-10(7-13)14-15-16(11)8-9-5-3-4-6-12(9)17/h3-6,17H,2,7-8,13H2,1H3. The fourth-order valence-electron chi connectivity index (χ4n) is 1.85. The van der Waals surface area contributed by atoms with Gasteiger partial charge in [0.2, 0.25) is 0 Å². The Kier molecular flexibility index (Phi) is 3.39. The van der Waals surface area contributed by atoms with Crippen LogP contribution in [0.2, 0.25) is 0 Å². The molecule has 5 heteroatoms. The lowest BCUT2D eigenvalue weighted by Crippen LogP contribution is -2.08. The largest absolute Gasteiger partial charge is 0.508 e. The van der Waals surface area contributed by atoms with Gasteiger partial charge in [-0.05, 0) is 12.5 Å². The number of hydrogen-bond acceptors (Lipinski definition) is 4. The van der Waals surface area contributed by atoms with Gasteiger partial charge in [0.25, 0.3) is 0 Å². The third kappa shape index (κ3) is 2.29. The van der Waals surface area contributed by atoms with E-state index in [4.69, 9.17) is 5.73 Å². The van der Waals surface area contributed by atoms with Gasteiger partial charge < -0.3 is 10.8 Å². The van der Waals surface area contributed by atoms with E-state index in [0.29, 0.717) is 13.1 Å². The molecule has 0 saturated heterocycles. The monoisotopic (exact) mass is 232 g/mol. The Hall–Kier alpha value is -1.88. The summed E-state index contributed by atoms with van der Waals surface area (Å²) in [4.78, 5) is 0. The van der Waals surface area contributed by atoms with Crippen LogP contribution in [0.3, 0.4) is 0 Å². The lowest BCUT2D eigenvalue weighted by molar-refractivity contribution is 0.462. The summed E-state index contributed by atoms with van der Waals surface area (Å²) in [5.74, 6) is 0.277. The van der Waals surface area contributed by atoms with E-state index in [1.54, 1.807) is 16.8 Å². The Labute approximate surface area is 99.9 Å². The van der Waals surface area contributed by atoms with Gasteiger partial charge in [-0.3, -0.25) is 0 Å². The molecule has 0 aliphatic rings. The molecule has 90 valence electrons. The van der Waals surface area contributed by atoms with E-state index in [1.165, 1.54) is 0 Å². The number of aromatic hydroxyl groups is 1. The zero-order chi connectivity index (χ0) is 12.3. The molecule has 0 unspecified atom stereocenters. The molecule has 0 atom stereocenters. The zero-order valence-electron chi connectivity index (χ0n) is 9.80. The van der Waals surface area contributed by atoms with Crippen molar-refractivity contribution in [1.82, 2.24) is 15.0 Å². The summed E-state index contributed by atoms with van der Waals surface area (Å²) in [6.07, 6.45) is 0.827. The summed E-state index contributed by atoms with van der Waals surface area (Å²) in [6, 6.07) is 7.23. The minimum absolute atomic E-state index is 0.277. The molecule has 0 aliphatic heterocycles.